The van der Waals surface area contributed by atoms with Crippen LogP contribution < -0.4 is 0 Å². The van der Waals surface area contributed by atoms with Crippen LogP contribution in [0.2, 0.25) is 0 Å². The van der Waals surface area contributed by atoms with E-state index in [1.54, 1.807) is 6.08 Å². The Balaban J connectivity index is 2.84. The molecule has 0 spiro atoms. The molecule has 2 N–H and O–H groups in total. The summed E-state index contributed by atoms with van der Waals surface area (Å²) in [7, 11) is 0. The Morgan fingerprint density at radius 2 is 1.50 bits per heavy atom. The first-order valence-electron chi connectivity index (χ1n) is 7.89. The first kappa shape index (κ1) is 17.0. The maximum atomic E-state index is 11.6. The molecule has 0 heterocycles. The standard InChI is InChI=1S/C20H28O2/c1-18(2,3)15-12-13-16(21)20(22,19(4,5)6)17(15)14-10-8-7-9-11-14/h7-13,16,21-22H,1-6H3. The average Bonchev–Trinajstić information content (AvgIpc) is 2.40. The van der Waals surface area contributed by atoms with Crippen LogP contribution in [0.1, 0.15) is 47.1 Å². The van der Waals surface area contributed by atoms with Crippen LogP contribution in [-0.2, 0) is 0 Å². The molecule has 1 aliphatic carbocycles. The molecule has 1 aliphatic rings. The first-order chi connectivity index (χ1) is 9.99. The quantitative estimate of drug-likeness (QED) is 0.816. The Morgan fingerprint density at radius 1 is 0.955 bits per heavy atom. The van der Waals surface area contributed by atoms with Crippen LogP contribution in [0.5, 0.6) is 0 Å². The van der Waals surface area contributed by atoms with E-state index in [1.165, 1.54) is 0 Å². The van der Waals surface area contributed by atoms with Crippen LogP contribution >= 0.6 is 0 Å². The van der Waals surface area contributed by atoms with Gasteiger partial charge >= 0.3 is 0 Å². The number of aliphatic hydroxyl groups is 2. The molecule has 0 aliphatic heterocycles. The lowest BCUT2D eigenvalue weighted by Crippen LogP contribution is -2.54. The fraction of sp³-hybridized carbons (Fsp3) is 0.500. The first-order valence-corrected chi connectivity index (χ1v) is 7.89. The Morgan fingerprint density at radius 3 is 1.95 bits per heavy atom. The third-order valence-electron chi connectivity index (χ3n) is 4.54. The monoisotopic (exact) mass is 300 g/mol. The Kier molecular flexibility index (Phi) is 4.14. The van der Waals surface area contributed by atoms with Gasteiger partial charge in [-0.05, 0) is 27.5 Å². The van der Waals surface area contributed by atoms with Gasteiger partial charge in [-0.25, -0.2) is 0 Å². The molecule has 0 aromatic heterocycles. The van der Waals surface area contributed by atoms with E-state index in [2.05, 4.69) is 20.8 Å². The molecule has 2 atom stereocenters. The highest BCUT2D eigenvalue weighted by atomic mass is 16.3. The number of aliphatic hydroxyl groups excluding tert-OH is 1. The van der Waals surface area contributed by atoms with Gasteiger partial charge in [-0.15, -0.1) is 0 Å². The van der Waals surface area contributed by atoms with E-state index in [0.717, 1.165) is 16.7 Å². The van der Waals surface area contributed by atoms with Gasteiger partial charge in [0.15, 0.2) is 0 Å². The third-order valence-corrected chi connectivity index (χ3v) is 4.54. The van der Waals surface area contributed by atoms with Crippen LogP contribution in [0.25, 0.3) is 5.57 Å². The second-order valence-corrected chi connectivity index (χ2v) is 8.23. The smallest absolute Gasteiger partial charge is 0.125 e. The van der Waals surface area contributed by atoms with Gasteiger partial charge in [-0.2, -0.15) is 0 Å². The molecular formula is C20H28O2. The number of benzene rings is 1. The van der Waals surface area contributed by atoms with Crippen molar-refractivity contribution in [2.24, 2.45) is 10.8 Å². The van der Waals surface area contributed by atoms with Gasteiger partial charge in [0.25, 0.3) is 0 Å². The van der Waals surface area contributed by atoms with E-state index in [4.69, 9.17) is 0 Å². The zero-order valence-electron chi connectivity index (χ0n) is 14.5. The molecule has 1 aromatic rings. The number of rotatable bonds is 1. The molecule has 22 heavy (non-hydrogen) atoms. The van der Waals surface area contributed by atoms with Crippen LogP contribution in [0, 0.1) is 10.8 Å². The van der Waals surface area contributed by atoms with Gasteiger partial charge < -0.3 is 10.2 Å². The van der Waals surface area contributed by atoms with Crippen molar-refractivity contribution >= 4 is 5.57 Å². The van der Waals surface area contributed by atoms with Crippen LogP contribution in [0.15, 0.2) is 48.1 Å². The largest absolute Gasteiger partial charge is 0.386 e. The maximum absolute atomic E-state index is 11.6. The summed E-state index contributed by atoms with van der Waals surface area (Å²) in [5.74, 6) is 0. The highest BCUT2D eigenvalue weighted by Crippen LogP contribution is 2.50. The fourth-order valence-corrected chi connectivity index (χ4v) is 3.19. The second kappa shape index (κ2) is 5.36. The lowest BCUT2D eigenvalue weighted by Gasteiger charge is -2.48. The summed E-state index contributed by atoms with van der Waals surface area (Å²) in [5, 5.41) is 22.2. The van der Waals surface area contributed by atoms with Gasteiger partial charge in [0.1, 0.15) is 11.7 Å². The number of hydrogen-bond donors (Lipinski definition) is 2. The zero-order valence-corrected chi connectivity index (χ0v) is 14.5. The van der Waals surface area contributed by atoms with Crippen molar-refractivity contribution in [1.82, 2.24) is 0 Å². The summed E-state index contributed by atoms with van der Waals surface area (Å²) in [4.78, 5) is 0. The summed E-state index contributed by atoms with van der Waals surface area (Å²) in [6, 6.07) is 9.91. The Bertz CT molecular complexity index is 597. The van der Waals surface area contributed by atoms with E-state index in [9.17, 15) is 10.2 Å². The fourth-order valence-electron chi connectivity index (χ4n) is 3.19. The third kappa shape index (κ3) is 2.66. The van der Waals surface area contributed by atoms with Crippen molar-refractivity contribution in [1.29, 1.82) is 0 Å². The molecule has 2 unspecified atom stereocenters. The van der Waals surface area contributed by atoms with Crippen molar-refractivity contribution in [3.8, 4) is 0 Å². The Labute approximate surface area is 134 Å². The van der Waals surface area contributed by atoms with Crippen LogP contribution in [-0.4, -0.2) is 21.9 Å². The van der Waals surface area contributed by atoms with Crippen LogP contribution in [0.4, 0.5) is 0 Å². The van der Waals surface area contributed by atoms with Gasteiger partial charge in [0, 0.05) is 0 Å². The zero-order chi connectivity index (χ0) is 16.8. The average molecular weight is 300 g/mol. The summed E-state index contributed by atoms with van der Waals surface area (Å²) < 4.78 is 0. The predicted octanol–water partition coefficient (Wildman–Crippen LogP) is 4.19. The lowest BCUT2D eigenvalue weighted by molar-refractivity contribution is -0.0805. The molecule has 2 heteroatoms. The Hall–Kier alpha value is -1.38. The van der Waals surface area contributed by atoms with Crippen molar-refractivity contribution in [2.45, 2.75) is 53.2 Å². The van der Waals surface area contributed by atoms with Crippen molar-refractivity contribution < 1.29 is 10.2 Å². The predicted molar refractivity (Wildman–Crippen MR) is 92.4 cm³/mol. The number of allylic oxidation sites excluding steroid dienone is 2. The molecule has 0 radical (unpaired) electrons. The maximum Gasteiger partial charge on any atom is 0.125 e. The molecule has 0 fully saturated rings. The molecule has 2 nitrogen and oxygen atoms in total. The van der Waals surface area contributed by atoms with Gasteiger partial charge in [0.2, 0.25) is 0 Å². The highest BCUT2D eigenvalue weighted by Gasteiger charge is 2.51. The molecule has 0 saturated carbocycles. The normalized spacial score (nSPS) is 26.5. The summed E-state index contributed by atoms with van der Waals surface area (Å²) in [5.41, 5.74) is 0.920. The molecule has 0 amide bonds. The summed E-state index contributed by atoms with van der Waals surface area (Å²) in [6.45, 7) is 12.3. The van der Waals surface area contributed by atoms with E-state index < -0.39 is 17.1 Å². The van der Waals surface area contributed by atoms with Gasteiger partial charge in [-0.1, -0.05) is 84.0 Å². The molecule has 2 rings (SSSR count). The second-order valence-electron chi connectivity index (χ2n) is 8.23. The minimum absolute atomic E-state index is 0.124. The molecule has 0 bridgehead atoms. The molecule has 0 saturated heterocycles. The van der Waals surface area contributed by atoms with Gasteiger partial charge in [0.05, 0.1) is 0 Å². The van der Waals surface area contributed by atoms with Crippen LogP contribution in [0.3, 0.4) is 0 Å². The molecular weight excluding hydrogens is 272 g/mol. The summed E-state index contributed by atoms with van der Waals surface area (Å²) >= 11 is 0. The number of hydrogen-bond acceptors (Lipinski definition) is 2. The minimum Gasteiger partial charge on any atom is -0.386 e. The van der Waals surface area contributed by atoms with E-state index in [1.807, 2.05) is 57.2 Å². The topological polar surface area (TPSA) is 40.5 Å². The molecule has 120 valence electrons. The van der Waals surface area contributed by atoms with E-state index >= 15 is 0 Å². The summed E-state index contributed by atoms with van der Waals surface area (Å²) in [6.07, 6.45) is 2.76. The van der Waals surface area contributed by atoms with Crippen molar-refractivity contribution in [2.75, 3.05) is 0 Å². The SMILES string of the molecule is CC(C)(C)C1=C(c2ccccc2)C(O)(C(C)(C)C)C(O)C=C1. The van der Waals surface area contributed by atoms with E-state index in [0.29, 0.717) is 0 Å². The van der Waals surface area contributed by atoms with E-state index in [-0.39, 0.29) is 5.41 Å². The highest BCUT2D eigenvalue weighted by molar-refractivity contribution is 5.80. The lowest BCUT2D eigenvalue weighted by atomic mass is 9.61. The van der Waals surface area contributed by atoms with Crippen molar-refractivity contribution in [3.63, 3.8) is 0 Å². The molecule has 1 aromatic carbocycles. The minimum atomic E-state index is -1.33. The van der Waals surface area contributed by atoms with Gasteiger partial charge in [-0.3, -0.25) is 0 Å². The van der Waals surface area contributed by atoms with Crippen molar-refractivity contribution in [3.05, 3.63) is 53.6 Å².